The van der Waals surface area contributed by atoms with Crippen molar-refractivity contribution in [3.63, 3.8) is 0 Å². The topological polar surface area (TPSA) is 126 Å². The predicted molar refractivity (Wildman–Crippen MR) is 107 cm³/mol. The number of nitrogens with one attached hydrogen (secondary N) is 2. The third-order valence-electron chi connectivity index (χ3n) is 3.60. The molecule has 148 valence electrons. The van der Waals surface area contributed by atoms with E-state index < -0.39 is 0 Å². The van der Waals surface area contributed by atoms with Crippen LogP contribution in [-0.2, 0) is 21.0 Å². The Morgan fingerprint density at radius 3 is 2.68 bits per heavy atom. The Morgan fingerprint density at radius 1 is 1.25 bits per heavy atom. The van der Waals surface area contributed by atoms with Gasteiger partial charge >= 0.3 is 0 Å². The first-order valence-corrected chi connectivity index (χ1v) is 8.58. The lowest BCUT2D eigenvalue weighted by Crippen LogP contribution is -2.38. The lowest BCUT2D eigenvalue weighted by Gasteiger charge is -2.15. The largest absolute Gasteiger partial charge is 0.389 e. The van der Waals surface area contributed by atoms with Crippen molar-refractivity contribution >= 4 is 23.3 Å². The number of oxime groups is 1. The highest BCUT2D eigenvalue weighted by Gasteiger charge is 2.13. The highest BCUT2D eigenvalue weighted by Crippen LogP contribution is 2.09. The summed E-state index contributed by atoms with van der Waals surface area (Å²) >= 11 is 0. The van der Waals surface area contributed by atoms with Gasteiger partial charge in [0.2, 0.25) is 5.91 Å². The summed E-state index contributed by atoms with van der Waals surface area (Å²) in [5.74, 6) is 5.92. The number of pyridine rings is 1. The highest BCUT2D eigenvalue weighted by atomic mass is 16.6. The van der Waals surface area contributed by atoms with Gasteiger partial charge < -0.3 is 14.9 Å². The smallest absolute Gasteiger partial charge is 0.227 e. The summed E-state index contributed by atoms with van der Waals surface area (Å²) in [7, 11) is 3.09. The van der Waals surface area contributed by atoms with E-state index in [4.69, 9.17) is 20.8 Å². The molecule has 0 saturated heterocycles. The van der Waals surface area contributed by atoms with Crippen molar-refractivity contribution in [2.24, 2.45) is 11.0 Å². The van der Waals surface area contributed by atoms with Gasteiger partial charge in [0.15, 0.2) is 18.2 Å². The molecule has 0 radical (unpaired) electrons. The lowest BCUT2D eigenvalue weighted by molar-refractivity contribution is -0.117. The Hall–Kier alpha value is -3.30. The number of benzene rings is 1. The van der Waals surface area contributed by atoms with Gasteiger partial charge in [-0.3, -0.25) is 15.2 Å². The summed E-state index contributed by atoms with van der Waals surface area (Å²) in [6.07, 6.45) is 0.248. The van der Waals surface area contributed by atoms with Gasteiger partial charge in [0.05, 0.1) is 18.7 Å². The van der Waals surface area contributed by atoms with E-state index in [1.807, 2.05) is 30.3 Å². The molecule has 2 rings (SSSR count). The highest BCUT2D eigenvalue weighted by molar-refractivity contribution is 6.46. The number of aromatic nitrogens is 1. The normalized spacial score (nSPS) is 11.0. The van der Waals surface area contributed by atoms with E-state index in [0.29, 0.717) is 29.4 Å². The van der Waals surface area contributed by atoms with Crippen molar-refractivity contribution in [2.75, 3.05) is 26.1 Å². The number of hydrogen-bond acceptors (Lipinski definition) is 7. The molecule has 28 heavy (non-hydrogen) atoms. The Labute approximate surface area is 163 Å². The van der Waals surface area contributed by atoms with Gasteiger partial charge in [0.1, 0.15) is 5.82 Å². The Morgan fingerprint density at radius 2 is 2.00 bits per heavy atom. The average Bonchev–Trinajstić information content (AvgIpc) is 2.70. The van der Waals surface area contributed by atoms with E-state index in [0.717, 1.165) is 5.01 Å². The second-order valence-corrected chi connectivity index (χ2v) is 5.84. The number of nitrogens with two attached hydrogens (primary N) is 1. The van der Waals surface area contributed by atoms with E-state index >= 15 is 0 Å². The molecule has 0 bridgehead atoms. The van der Waals surface area contributed by atoms with Crippen LogP contribution in [0.1, 0.15) is 17.7 Å². The molecule has 0 spiro atoms. The molecule has 0 saturated carbocycles. The lowest BCUT2D eigenvalue weighted by atomic mass is 10.1. The Balaban J connectivity index is 2.06. The van der Waals surface area contributed by atoms with Crippen LogP contribution in [0.15, 0.2) is 53.7 Å². The molecule has 0 unspecified atom stereocenters. The maximum Gasteiger partial charge on any atom is 0.227 e. The fraction of sp³-hybridized carbons (Fsp3) is 0.263. The predicted octanol–water partition coefficient (Wildman–Crippen LogP) is 1.76. The first kappa shape index (κ1) is 21.0. The van der Waals surface area contributed by atoms with E-state index in [1.165, 1.54) is 7.11 Å². The summed E-state index contributed by atoms with van der Waals surface area (Å²) < 4.78 is 4.88. The van der Waals surface area contributed by atoms with Gasteiger partial charge in [0.25, 0.3) is 0 Å². The number of likely N-dealkylation sites (N-methyl/N-ethyl adjacent to an activating group) is 1. The molecule has 0 aliphatic rings. The number of amides is 1. The van der Waals surface area contributed by atoms with Gasteiger partial charge in [-0.1, -0.05) is 41.6 Å². The molecule has 1 aromatic heterocycles. The number of rotatable bonds is 9. The number of carbonyl (C=O) groups is 1. The van der Waals surface area contributed by atoms with E-state index in [1.54, 1.807) is 25.2 Å². The van der Waals surface area contributed by atoms with Crippen LogP contribution in [-0.4, -0.2) is 48.2 Å². The van der Waals surface area contributed by atoms with E-state index in [9.17, 15) is 4.79 Å². The quantitative estimate of drug-likeness (QED) is 0.262. The SMILES string of the molecule is COCCC(=O)Nc1cccc(CO/N=C(\C(=N)N(C)N)c2ccccc2)n1. The fourth-order valence-corrected chi connectivity index (χ4v) is 2.19. The number of amidine groups is 1. The van der Waals surface area contributed by atoms with Crippen LogP contribution in [0.3, 0.4) is 0 Å². The van der Waals surface area contributed by atoms with Crippen LogP contribution in [0.5, 0.6) is 0 Å². The minimum Gasteiger partial charge on any atom is -0.389 e. The number of carbonyl (C=O) groups excluding carboxylic acids is 1. The van der Waals surface area contributed by atoms with Gasteiger partial charge in [-0.15, -0.1) is 0 Å². The first-order valence-electron chi connectivity index (χ1n) is 8.58. The third kappa shape index (κ3) is 6.45. The van der Waals surface area contributed by atoms with Crippen molar-refractivity contribution in [1.82, 2.24) is 9.99 Å². The second-order valence-electron chi connectivity index (χ2n) is 5.84. The molecule has 0 atom stereocenters. The minimum absolute atomic E-state index is 0.0123. The maximum absolute atomic E-state index is 11.8. The molecule has 1 aromatic carbocycles. The molecule has 9 nitrogen and oxygen atoms in total. The summed E-state index contributed by atoms with van der Waals surface area (Å²) in [4.78, 5) is 21.5. The van der Waals surface area contributed by atoms with Gasteiger partial charge in [-0.25, -0.2) is 10.8 Å². The third-order valence-corrected chi connectivity index (χ3v) is 3.60. The molecule has 1 amide bonds. The molecule has 1 heterocycles. The summed E-state index contributed by atoms with van der Waals surface area (Å²) in [5.41, 5.74) is 1.58. The van der Waals surface area contributed by atoms with Gasteiger partial charge in [0, 0.05) is 19.7 Å². The zero-order valence-corrected chi connectivity index (χ0v) is 15.9. The number of hydrogen-bond donors (Lipinski definition) is 3. The van der Waals surface area contributed by atoms with Gasteiger partial charge in [-0.2, -0.15) is 0 Å². The van der Waals surface area contributed by atoms with E-state index in [2.05, 4.69) is 15.5 Å². The fourth-order valence-electron chi connectivity index (χ4n) is 2.19. The van der Waals surface area contributed by atoms with E-state index in [-0.39, 0.29) is 24.8 Å². The molecule has 4 N–H and O–H groups in total. The molecule has 0 aliphatic carbocycles. The Kier molecular flexibility index (Phi) is 8.07. The average molecular weight is 384 g/mol. The van der Waals surface area contributed by atoms with Crippen molar-refractivity contribution in [3.05, 3.63) is 59.8 Å². The maximum atomic E-state index is 11.8. The number of methoxy groups -OCH3 is 1. The zero-order chi connectivity index (χ0) is 20.4. The summed E-state index contributed by atoms with van der Waals surface area (Å²) in [5, 5.41) is 16.0. The Bertz CT molecular complexity index is 823. The number of anilines is 1. The number of nitrogens with zero attached hydrogens (tertiary/aromatic N) is 3. The van der Waals surface area contributed by atoms with Crippen molar-refractivity contribution in [3.8, 4) is 0 Å². The second kappa shape index (κ2) is 10.8. The van der Waals surface area contributed by atoms with Gasteiger partial charge in [-0.05, 0) is 12.1 Å². The van der Waals surface area contributed by atoms with Crippen LogP contribution < -0.4 is 11.2 Å². The van der Waals surface area contributed by atoms with Crippen LogP contribution in [0.4, 0.5) is 5.82 Å². The summed E-state index contributed by atoms with van der Waals surface area (Å²) in [6, 6.07) is 14.4. The standard InChI is InChI=1S/C19H24N6O3/c1-25(21)19(20)18(14-7-4-3-5-8-14)24-28-13-15-9-6-10-16(22-15)23-17(26)11-12-27-2/h3-10,20H,11-13,21H2,1-2H3,(H,22,23,26)/b20-19?,24-18-. The molecule has 0 fully saturated rings. The monoisotopic (exact) mass is 384 g/mol. The van der Waals surface area contributed by atoms with Crippen molar-refractivity contribution in [1.29, 1.82) is 5.41 Å². The zero-order valence-electron chi connectivity index (χ0n) is 15.9. The van der Waals surface area contributed by atoms with Crippen molar-refractivity contribution in [2.45, 2.75) is 13.0 Å². The van der Waals surface area contributed by atoms with Crippen LogP contribution in [0.2, 0.25) is 0 Å². The summed E-state index contributed by atoms with van der Waals surface area (Å²) in [6.45, 7) is 0.410. The number of hydrazine groups is 1. The van der Waals surface area contributed by atoms with Crippen molar-refractivity contribution < 1.29 is 14.4 Å². The first-order chi connectivity index (χ1) is 13.5. The van der Waals surface area contributed by atoms with Crippen LogP contribution >= 0.6 is 0 Å². The molecular weight excluding hydrogens is 360 g/mol. The number of ether oxygens (including phenoxy) is 1. The molecular formula is C19H24N6O3. The molecule has 2 aromatic rings. The molecule has 0 aliphatic heterocycles. The van der Waals surface area contributed by atoms with Crippen LogP contribution in [0.25, 0.3) is 0 Å². The van der Waals surface area contributed by atoms with Crippen LogP contribution in [0, 0.1) is 5.41 Å². The molecule has 9 heteroatoms. The minimum atomic E-state index is -0.184.